The summed E-state index contributed by atoms with van der Waals surface area (Å²) in [5.41, 5.74) is 13.7. The molecule has 0 aliphatic heterocycles. The monoisotopic (exact) mass is 514 g/mol. The minimum Gasteiger partial charge on any atom is -0.466 e. The van der Waals surface area contributed by atoms with Gasteiger partial charge in [-0.05, 0) is 56.5 Å². The molecule has 1 atom stereocenters. The highest BCUT2D eigenvalue weighted by atomic mass is 32.2. The van der Waals surface area contributed by atoms with E-state index in [4.69, 9.17) is 20.9 Å². The summed E-state index contributed by atoms with van der Waals surface area (Å²) in [6.07, 6.45) is 0.771. The summed E-state index contributed by atoms with van der Waals surface area (Å²) in [7, 11) is 0. The maximum Gasteiger partial charge on any atom is 0.328 e. The molecule has 11 nitrogen and oxygen atoms in total. The molecule has 0 spiro atoms. The molecule has 6 N–H and O–H groups in total. The molecule has 36 heavy (non-hydrogen) atoms. The Morgan fingerprint density at radius 3 is 2.39 bits per heavy atom. The highest BCUT2D eigenvalue weighted by Crippen LogP contribution is 2.36. The minimum atomic E-state index is -0.964. The highest BCUT2D eigenvalue weighted by Gasteiger charge is 2.24. The van der Waals surface area contributed by atoms with Gasteiger partial charge in [0.1, 0.15) is 17.5 Å². The number of nitrogens with one attached hydrogen (secondary N) is 2. The first-order chi connectivity index (χ1) is 17.3. The Hall–Kier alpha value is -3.80. The maximum absolute atomic E-state index is 12.8. The number of amides is 1. The lowest BCUT2D eigenvalue weighted by Gasteiger charge is -2.17. The van der Waals surface area contributed by atoms with Gasteiger partial charge in [0.2, 0.25) is 5.95 Å². The second-order valence-electron chi connectivity index (χ2n) is 7.73. The number of carbonyl (C=O) groups is 3. The summed E-state index contributed by atoms with van der Waals surface area (Å²) >= 11 is 1.46. The summed E-state index contributed by atoms with van der Waals surface area (Å²) in [5.74, 6) is -1.08. The van der Waals surface area contributed by atoms with Crippen molar-refractivity contribution in [1.29, 1.82) is 0 Å². The van der Waals surface area contributed by atoms with Crippen LogP contribution in [-0.4, -0.2) is 52.1 Å². The van der Waals surface area contributed by atoms with E-state index in [1.165, 1.54) is 11.8 Å². The van der Waals surface area contributed by atoms with Crippen LogP contribution in [0.15, 0.2) is 34.2 Å². The molecule has 0 fully saturated rings. The third-order valence-electron chi connectivity index (χ3n) is 5.27. The number of aromatic amines is 1. The number of fused-ring (bicyclic) bond motifs is 1. The van der Waals surface area contributed by atoms with Crippen LogP contribution in [0.1, 0.15) is 49.5 Å². The third-order valence-corrected chi connectivity index (χ3v) is 6.33. The van der Waals surface area contributed by atoms with Crippen molar-refractivity contribution in [3.05, 3.63) is 35.4 Å². The van der Waals surface area contributed by atoms with Crippen molar-refractivity contribution >= 4 is 52.4 Å². The van der Waals surface area contributed by atoms with Gasteiger partial charge in [-0.25, -0.2) is 4.79 Å². The molecule has 0 radical (unpaired) electrons. The van der Waals surface area contributed by atoms with E-state index in [0.29, 0.717) is 23.4 Å². The van der Waals surface area contributed by atoms with Crippen LogP contribution in [0.4, 0.5) is 11.8 Å². The fraction of sp³-hybridized carbons (Fsp3) is 0.375. The lowest BCUT2D eigenvalue weighted by Crippen LogP contribution is -2.42. The van der Waals surface area contributed by atoms with Gasteiger partial charge < -0.3 is 31.2 Å². The number of H-pyrrole nitrogens is 1. The van der Waals surface area contributed by atoms with E-state index in [2.05, 4.69) is 20.3 Å². The zero-order chi connectivity index (χ0) is 26.2. The van der Waals surface area contributed by atoms with Crippen LogP contribution >= 0.6 is 11.8 Å². The molecule has 0 bridgehead atoms. The van der Waals surface area contributed by atoms with E-state index in [0.717, 1.165) is 20.9 Å². The van der Waals surface area contributed by atoms with Gasteiger partial charge in [-0.3, -0.25) is 9.59 Å². The average Bonchev–Trinajstić information content (AvgIpc) is 3.19. The lowest BCUT2D eigenvalue weighted by molar-refractivity contribution is -0.146. The molecule has 2 heterocycles. The number of hydrogen-bond acceptors (Lipinski definition) is 10. The van der Waals surface area contributed by atoms with Gasteiger partial charge in [-0.2, -0.15) is 9.97 Å². The number of carbonyl (C=O) groups excluding carboxylic acids is 3. The quantitative estimate of drug-likeness (QED) is 0.278. The Balaban J connectivity index is 1.72. The Morgan fingerprint density at radius 1 is 1.06 bits per heavy atom. The first-order valence-electron chi connectivity index (χ1n) is 11.6. The summed E-state index contributed by atoms with van der Waals surface area (Å²) < 4.78 is 9.94. The van der Waals surface area contributed by atoms with Crippen molar-refractivity contribution in [2.75, 3.05) is 24.7 Å². The van der Waals surface area contributed by atoms with Crippen LogP contribution in [0.5, 0.6) is 0 Å². The molecule has 3 rings (SSSR count). The van der Waals surface area contributed by atoms with Gasteiger partial charge >= 0.3 is 11.9 Å². The summed E-state index contributed by atoms with van der Waals surface area (Å²) in [6.45, 7) is 5.79. The van der Waals surface area contributed by atoms with Crippen molar-refractivity contribution < 1.29 is 23.9 Å². The number of nitrogens with two attached hydrogens (primary N) is 2. The largest absolute Gasteiger partial charge is 0.466 e. The van der Waals surface area contributed by atoms with E-state index in [9.17, 15) is 14.4 Å². The molecule has 1 amide bonds. The molecule has 0 saturated carbocycles. The normalized spacial score (nSPS) is 11.8. The van der Waals surface area contributed by atoms with Gasteiger partial charge in [0.25, 0.3) is 5.91 Å². The Kier molecular flexibility index (Phi) is 9.12. The van der Waals surface area contributed by atoms with Crippen molar-refractivity contribution in [3.8, 4) is 0 Å². The van der Waals surface area contributed by atoms with E-state index in [1.807, 2.05) is 6.92 Å². The Morgan fingerprint density at radius 2 is 1.75 bits per heavy atom. The molecule has 0 aliphatic rings. The van der Waals surface area contributed by atoms with Crippen LogP contribution in [0.25, 0.3) is 11.0 Å². The first kappa shape index (κ1) is 26.8. The second-order valence-corrected chi connectivity index (χ2v) is 8.81. The van der Waals surface area contributed by atoms with Gasteiger partial charge in [0, 0.05) is 16.9 Å². The number of ether oxygens (including phenoxy) is 2. The topological polar surface area (TPSA) is 175 Å². The van der Waals surface area contributed by atoms with E-state index >= 15 is 0 Å². The molecular formula is C24H30N6O5S. The molecule has 1 aromatic carbocycles. The highest BCUT2D eigenvalue weighted by molar-refractivity contribution is 7.99. The fourth-order valence-corrected chi connectivity index (χ4v) is 4.65. The minimum absolute atomic E-state index is 0.0159. The molecular weight excluding hydrogens is 484 g/mol. The smallest absolute Gasteiger partial charge is 0.328 e. The summed E-state index contributed by atoms with van der Waals surface area (Å²) in [6, 6.07) is 5.95. The zero-order valence-electron chi connectivity index (χ0n) is 20.4. The zero-order valence-corrected chi connectivity index (χ0v) is 21.2. The van der Waals surface area contributed by atoms with Crippen molar-refractivity contribution in [2.45, 2.75) is 56.0 Å². The number of rotatable bonds is 11. The maximum atomic E-state index is 12.8. The van der Waals surface area contributed by atoms with Crippen molar-refractivity contribution in [2.24, 2.45) is 0 Å². The number of esters is 2. The van der Waals surface area contributed by atoms with Crippen LogP contribution in [0.2, 0.25) is 0 Å². The van der Waals surface area contributed by atoms with Crippen molar-refractivity contribution in [1.82, 2.24) is 20.3 Å². The fourth-order valence-electron chi connectivity index (χ4n) is 3.63. The second kappa shape index (κ2) is 12.2. The average molecular weight is 515 g/mol. The Bertz CT molecular complexity index is 1240. The van der Waals surface area contributed by atoms with Gasteiger partial charge in [-0.1, -0.05) is 18.7 Å². The molecule has 12 heteroatoms. The molecule has 0 saturated heterocycles. The molecule has 0 aliphatic carbocycles. The number of benzene rings is 1. The predicted molar refractivity (Wildman–Crippen MR) is 136 cm³/mol. The van der Waals surface area contributed by atoms with Crippen LogP contribution < -0.4 is 16.8 Å². The Labute approximate surface area is 212 Å². The molecule has 0 unspecified atom stereocenters. The van der Waals surface area contributed by atoms with Crippen molar-refractivity contribution in [3.63, 3.8) is 0 Å². The SMILES string of the molecule is CCOC(=O)CC[C@H](NC(=O)c1ccc(Sc2[nH]c3nc(N)nc(N)c3c2CC)cc1)C(=O)OCC. The van der Waals surface area contributed by atoms with Gasteiger partial charge in [0.15, 0.2) is 0 Å². The van der Waals surface area contributed by atoms with Crippen LogP contribution in [0.3, 0.4) is 0 Å². The number of nitrogens with zero attached hydrogens (tertiary/aromatic N) is 2. The number of hydrogen-bond donors (Lipinski definition) is 4. The molecule has 3 aromatic rings. The van der Waals surface area contributed by atoms with E-state index in [1.54, 1.807) is 38.1 Å². The van der Waals surface area contributed by atoms with Crippen LogP contribution in [0, 0.1) is 0 Å². The number of nitrogen functional groups attached to an aromatic ring is 2. The standard InChI is InChI=1S/C24H30N6O5S/c1-4-15-18-19(25)28-24(26)30-20(18)29-22(15)36-14-9-7-13(8-10-14)21(32)27-16(23(33)35-6-3)11-12-17(31)34-5-2/h7-10,16H,4-6,11-12H2,1-3H3,(H,27,32)(H5,25,26,28,29,30)/t16-/m0/s1. The first-order valence-corrected chi connectivity index (χ1v) is 12.4. The summed E-state index contributed by atoms with van der Waals surface area (Å²) in [5, 5.41) is 4.26. The molecule has 2 aromatic heterocycles. The van der Waals surface area contributed by atoms with Gasteiger partial charge in [-0.15, -0.1) is 0 Å². The molecule has 192 valence electrons. The lowest BCUT2D eigenvalue weighted by atomic mass is 10.1. The third kappa shape index (κ3) is 6.45. The van der Waals surface area contributed by atoms with Gasteiger partial charge in [0.05, 0.1) is 23.6 Å². The number of aromatic nitrogens is 3. The summed E-state index contributed by atoms with van der Waals surface area (Å²) in [4.78, 5) is 49.2. The van der Waals surface area contributed by atoms with E-state index in [-0.39, 0.29) is 32.0 Å². The number of aryl methyl sites for hydroxylation is 1. The predicted octanol–water partition coefficient (Wildman–Crippen LogP) is 2.84. The van der Waals surface area contributed by atoms with E-state index < -0.39 is 23.9 Å². The number of anilines is 2. The van der Waals surface area contributed by atoms with Crippen LogP contribution in [-0.2, 0) is 25.5 Å².